The van der Waals surface area contributed by atoms with Gasteiger partial charge in [-0.25, -0.2) is 0 Å². The number of nitrogens with zero attached hydrogens (tertiary/aromatic N) is 1. The van der Waals surface area contributed by atoms with Crippen molar-refractivity contribution in [2.24, 2.45) is 5.92 Å². The highest BCUT2D eigenvalue weighted by Crippen LogP contribution is 2.31. The molecule has 1 aliphatic heterocycles. The maximum Gasteiger partial charge on any atom is 0.261 e. The van der Waals surface area contributed by atoms with Crippen LogP contribution in [0, 0.1) is 5.92 Å². The lowest BCUT2D eigenvalue weighted by Gasteiger charge is -2.29. The van der Waals surface area contributed by atoms with E-state index >= 15 is 0 Å². The Morgan fingerprint density at radius 1 is 1.05 bits per heavy atom. The fourth-order valence-corrected chi connectivity index (χ4v) is 3.62. The lowest BCUT2D eigenvalue weighted by Crippen LogP contribution is -2.39. The Hall–Kier alpha value is -1.64. The monoisotopic (exact) mass is 271 g/mol. The molecule has 0 N–H and O–H groups in total. The maximum atomic E-state index is 12.4. The standard InChI is InChI=1S/C17H21NO2/c1-12(11-13-7-3-2-4-8-13)18-16(19)14-9-5-6-10-15(14)17(18)20/h5-6,9-10,12-13H,2-4,7-8,11H2,1H3/t12-/m0/s1. The zero-order valence-corrected chi connectivity index (χ0v) is 12.0. The molecule has 1 aliphatic carbocycles. The van der Waals surface area contributed by atoms with Gasteiger partial charge in [-0.1, -0.05) is 44.2 Å². The first-order valence-corrected chi connectivity index (χ1v) is 7.65. The van der Waals surface area contributed by atoms with E-state index in [1.54, 1.807) is 12.1 Å². The van der Waals surface area contributed by atoms with Crippen LogP contribution in [-0.4, -0.2) is 22.8 Å². The molecule has 3 heteroatoms. The molecule has 0 spiro atoms. The fourth-order valence-electron chi connectivity index (χ4n) is 3.62. The van der Waals surface area contributed by atoms with Crippen molar-refractivity contribution in [3.05, 3.63) is 35.4 Å². The van der Waals surface area contributed by atoms with Gasteiger partial charge in [-0.05, 0) is 31.4 Å². The molecule has 1 aromatic carbocycles. The lowest BCUT2D eigenvalue weighted by molar-refractivity contribution is 0.0571. The summed E-state index contributed by atoms with van der Waals surface area (Å²) in [6.07, 6.45) is 7.35. The molecule has 0 bridgehead atoms. The summed E-state index contributed by atoms with van der Waals surface area (Å²) in [6.45, 7) is 2.01. The summed E-state index contributed by atoms with van der Waals surface area (Å²) >= 11 is 0. The van der Waals surface area contributed by atoms with Crippen molar-refractivity contribution < 1.29 is 9.59 Å². The van der Waals surface area contributed by atoms with Gasteiger partial charge in [-0.15, -0.1) is 0 Å². The van der Waals surface area contributed by atoms with E-state index in [-0.39, 0.29) is 17.9 Å². The van der Waals surface area contributed by atoms with Crippen molar-refractivity contribution in [2.75, 3.05) is 0 Å². The summed E-state index contributed by atoms with van der Waals surface area (Å²) in [6, 6.07) is 7.15. The molecule has 106 valence electrons. The number of carbonyl (C=O) groups excluding carboxylic acids is 2. The van der Waals surface area contributed by atoms with Gasteiger partial charge in [0.05, 0.1) is 11.1 Å². The zero-order chi connectivity index (χ0) is 14.1. The molecule has 1 fully saturated rings. The highest BCUT2D eigenvalue weighted by molar-refractivity contribution is 6.21. The molecule has 0 radical (unpaired) electrons. The minimum absolute atomic E-state index is 0.00509. The predicted molar refractivity (Wildman–Crippen MR) is 77.6 cm³/mol. The third kappa shape index (κ3) is 2.26. The van der Waals surface area contributed by atoms with Crippen LogP contribution in [0.25, 0.3) is 0 Å². The molecular formula is C17H21NO2. The molecule has 1 aromatic rings. The third-order valence-electron chi connectivity index (χ3n) is 4.67. The first-order valence-electron chi connectivity index (χ1n) is 7.65. The van der Waals surface area contributed by atoms with Crippen LogP contribution in [0.4, 0.5) is 0 Å². The number of carbonyl (C=O) groups is 2. The Kier molecular flexibility index (Phi) is 3.60. The Balaban J connectivity index is 1.74. The molecule has 3 nitrogen and oxygen atoms in total. The number of benzene rings is 1. The van der Waals surface area contributed by atoms with Crippen molar-refractivity contribution in [1.82, 2.24) is 4.90 Å². The molecule has 0 unspecified atom stereocenters. The number of amides is 2. The molecule has 1 saturated carbocycles. The largest absolute Gasteiger partial charge is 0.271 e. The number of rotatable bonds is 3. The van der Waals surface area contributed by atoms with Gasteiger partial charge in [0, 0.05) is 6.04 Å². The van der Waals surface area contributed by atoms with Crippen LogP contribution < -0.4 is 0 Å². The van der Waals surface area contributed by atoms with E-state index in [1.807, 2.05) is 19.1 Å². The minimum Gasteiger partial charge on any atom is -0.271 e. The van der Waals surface area contributed by atoms with E-state index in [0.29, 0.717) is 17.0 Å². The van der Waals surface area contributed by atoms with Crippen LogP contribution in [0.3, 0.4) is 0 Å². The number of imide groups is 1. The van der Waals surface area contributed by atoms with Crippen LogP contribution in [0.15, 0.2) is 24.3 Å². The first kappa shape index (κ1) is 13.3. The van der Waals surface area contributed by atoms with Crippen LogP contribution in [0.5, 0.6) is 0 Å². The zero-order valence-electron chi connectivity index (χ0n) is 12.0. The van der Waals surface area contributed by atoms with E-state index in [2.05, 4.69) is 0 Å². The average molecular weight is 271 g/mol. The normalized spacial score (nSPS) is 21.1. The van der Waals surface area contributed by atoms with Crippen LogP contribution in [0.2, 0.25) is 0 Å². The Morgan fingerprint density at radius 2 is 1.60 bits per heavy atom. The summed E-state index contributed by atoms with van der Waals surface area (Å²) in [7, 11) is 0. The predicted octanol–water partition coefficient (Wildman–Crippen LogP) is 3.64. The van der Waals surface area contributed by atoms with E-state index in [9.17, 15) is 9.59 Å². The number of hydrogen-bond donors (Lipinski definition) is 0. The van der Waals surface area contributed by atoms with E-state index < -0.39 is 0 Å². The molecule has 0 saturated heterocycles. The number of hydrogen-bond acceptors (Lipinski definition) is 2. The topological polar surface area (TPSA) is 37.4 Å². The molecular weight excluding hydrogens is 250 g/mol. The van der Waals surface area contributed by atoms with Crippen LogP contribution in [0.1, 0.15) is 66.2 Å². The second-order valence-corrected chi connectivity index (χ2v) is 6.11. The van der Waals surface area contributed by atoms with Crippen molar-refractivity contribution >= 4 is 11.8 Å². The second-order valence-electron chi connectivity index (χ2n) is 6.11. The summed E-state index contributed by atoms with van der Waals surface area (Å²) in [5.41, 5.74) is 1.13. The van der Waals surface area contributed by atoms with Crippen molar-refractivity contribution in [2.45, 2.75) is 51.5 Å². The number of fused-ring (bicyclic) bond motifs is 1. The third-order valence-corrected chi connectivity index (χ3v) is 4.67. The molecule has 3 rings (SSSR count). The second kappa shape index (κ2) is 5.39. The fraction of sp³-hybridized carbons (Fsp3) is 0.529. The van der Waals surface area contributed by atoms with Gasteiger partial charge in [-0.2, -0.15) is 0 Å². The van der Waals surface area contributed by atoms with Gasteiger partial charge in [0.15, 0.2) is 0 Å². The van der Waals surface area contributed by atoms with Crippen LogP contribution >= 0.6 is 0 Å². The Morgan fingerprint density at radius 3 is 2.15 bits per heavy atom. The van der Waals surface area contributed by atoms with Gasteiger partial charge < -0.3 is 0 Å². The van der Waals surface area contributed by atoms with Gasteiger partial charge in [-0.3, -0.25) is 14.5 Å². The summed E-state index contributed by atoms with van der Waals surface area (Å²) in [4.78, 5) is 26.3. The Labute approximate surface area is 120 Å². The lowest BCUT2D eigenvalue weighted by atomic mass is 9.85. The highest BCUT2D eigenvalue weighted by Gasteiger charge is 2.38. The van der Waals surface area contributed by atoms with Crippen molar-refractivity contribution in [1.29, 1.82) is 0 Å². The highest BCUT2D eigenvalue weighted by atomic mass is 16.2. The summed E-state index contributed by atoms with van der Waals surface area (Å²) in [5.74, 6) is 0.436. The van der Waals surface area contributed by atoms with Gasteiger partial charge in [0.2, 0.25) is 0 Å². The van der Waals surface area contributed by atoms with E-state index in [4.69, 9.17) is 0 Å². The Bertz CT molecular complexity index is 497. The summed E-state index contributed by atoms with van der Waals surface area (Å²) < 4.78 is 0. The van der Waals surface area contributed by atoms with Crippen molar-refractivity contribution in [3.63, 3.8) is 0 Å². The maximum absolute atomic E-state index is 12.4. The molecule has 1 atom stereocenters. The minimum atomic E-state index is -0.117. The molecule has 2 aliphatic rings. The van der Waals surface area contributed by atoms with Gasteiger partial charge in [0.1, 0.15) is 0 Å². The quantitative estimate of drug-likeness (QED) is 0.787. The average Bonchev–Trinajstić information content (AvgIpc) is 2.72. The molecule has 20 heavy (non-hydrogen) atoms. The van der Waals surface area contributed by atoms with E-state index in [1.165, 1.54) is 37.0 Å². The molecule has 1 heterocycles. The van der Waals surface area contributed by atoms with E-state index in [0.717, 1.165) is 6.42 Å². The smallest absolute Gasteiger partial charge is 0.261 e. The van der Waals surface area contributed by atoms with Gasteiger partial charge >= 0.3 is 0 Å². The van der Waals surface area contributed by atoms with Gasteiger partial charge in [0.25, 0.3) is 11.8 Å². The molecule has 0 aromatic heterocycles. The SMILES string of the molecule is C[C@@H](CC1CCCCC1)N1C(=O)c2ccccc2C1=O. The van der Waals surface area contributed by atoms with Crippen LogP contribution in [-0.2, 0) is 0 Å². The summed E-state index contributed by atoms with van der Waals surface area (Å²) in [5, 5.41) is 0. The first-order chi connectivity index (χ1) is 9.68. The van der Waals surface area contributed by atoms with Crippen molar-refractivity contribution in [3.8, 4) is 0 Å². The molecule has 2 amide bonds.